The van der Waals surface area contributed by atoms with Gasteiger partial charge in [-0.15, -0.1) is 0 Å². The molecule has 0 aliphatic carbocycles. The molecule has 1 heterocycles. The third-order valence-corrected chi connectivity index (χ3v) is 1.99. The molecule has 1 aromatic heterocycles. The van der Waals surface area contributed by atoms with Gasteiger partial charge in [-0.1, -0.05) is 0 Å². The Labute approximate surface area is 114 Å². The number of alkyl halides is 3. The second-order valence-corrected chi connectivity index (χ2v) is 4.87. The molecule has 3 N–H and O–H groups in total. The monoisotopic (exact) mass is 294 g/mol. The molecule has 0 bridgehead atoms. The lowest BCUT2D eigenvalue weighted by atomic mass is 10.2. The summed E-state index contributed by atoms with van der Waals surface area (Å²) in [4.78, 5) is 6.88. The van der Waals surface area contributed by atoms with Gasteiger partial charge in [0.05, 0.1) is 12.2 Å². The Morgan fingerprint density at radius 2 is 1.85 bits per heavy atom. The third kappa shape index (κ3) is 5.57. The first-order valence-electron chi connectivity index (χ1n) is 5.81. The Kier molecular flexibility index (Phi) is 5.12. The van der Waals surface area contributed by atoms with Gasteiger partial charge in [-0.3, -0.25) is 5.43 Å². The number of hydrazine groups is 1. The maximum absolute atomic E-state index is 12.6. The van der Waals surface area contributed by atoms with Crippen molar-refractivity contribution in [3.8, 4) is 5.88 Å². The molecule has 0 amide bonds. The van der Waals surface area contributed by atoms with Crippen LogP contribution in [0, 0.1) is 0 Å². The number of ether oxygens (including phenoxy) is 2. The Morgan fingerprint density at radius 3 is 2.35 bits per heavy atom. The molecule has 20 heavy (non-hydrogen) atoms. The number of nitrogens with two attached hydrogens (primary N) is 1. The zero-order chi connectivity index (χ0) is 15.4. The van der Waals surface area contributed by atoms with E-state index in [-0.39, 0.29) is 30.6 Å². The topological polar surface area (TPSA) is 82.3 Å². The number of nitrogens with zero attached hydrogens (tertiary/aromatic N) is 2. The molecule has 6 nitrogen and oxygen atoms in total. The Hall–Kier alpha value is -1.61. The standard InChI is InChI=1S/C11H17F3N4O2/c1-10(2,3)20-5-4-19-8-6-7(11(12,13)14)16-9(17-8)18-15/h6H,4-5,15H2,1-3H3,(H,16,17,18). The van der Waals surface area contributed by atoms with Crippen LogP contribution in [-0.4, -0.2) is 28.8 Å². The highest BCUT2D eigenvalue weighted by Crippen LogP contribution is 2.30. The smallest absolute Gasteiger partial charge is 0.433 e. The van der Waals surface area contributed by atoms with Crippen LogP contribution in [0.15, 0.2) is 6.07 Å². The van der Waals surface area contributed by atoms with Gasteiger partial charge in [0.15, 0.2) is 5.69 Å². The zero-order valence-corrected chi connectivity index (χ0v) is 11.4. The number of anilines is 1. The molecule has 0 unspecified atom stereocenters. The molecule has 0 atom stereocenters. The zero-order valence-electron chi connectivity index (χ0n) is 11.4. The lowest BCUT2D eigenvalue weighted by Gasteiger charge is -2.19. The summed E-state index contributed by atoms with van der Waals surface area (Å²) < 4.78 is 48.3. The number of nitrogens with one attached hydrogen (secondary N) is 1. The van der Waals surface area contributed by atoms with E-state index in [2.05, 4.69) is 9.97 Å². The van der Waals surface area contributed by atoms with Crippen LogP contribution in [0.5, 0.6) is 5.88 Å². The molecule has 0 aliphatic heterocycles. The summed E-state index contributed by atoms with van der Waals surface area (Å²) in [6, 6.07) is 0.706. The van der Waals surface area contributed by atoms with Crippen molar-refractivity contribution in [2.75, 3.05) is 18.6 Å². The highest BCUT2D eigenvalue weighted by atomic mass is 19.4. The van der Waals surface area contributed by atoms with Crippen LogP contribution in [0.1, 0.15) is 26.5 Å². The summed E-state index contributed by atoms with van der Waals surface area (Å²) >= 11 is 0. The molecule has 0 fully saturated rings. The minimum absolute atomic E-state index is 0.0651. The third-order valence-electron chi connectivity index (χ3n) is 1.99. The molecule has 0 radical (unpaired) electrons. The van der Waals surface area contributed by atoms with E-state index in [0.29, 0.717) is 6.07 Å². The fourth-order valence-electron chi connectivity index (χ4n) is 1.20. The van der Waals surface area contributed by atoms with E-state index in [4.69, 9.17) is 15.3 Å². The molecular weight excluding hydrogens is 277 g/mol. The van der Waals surface area contributed by atoms with Crippen LogP contribution in [0.25, 0.3) is 0 Å². The summed E-state index contributed by atoms with van der Waals surface area (Å²) in [5.41, 5.74) is 0.478. The van der Waals surface area contributed by atoms with Gasteiger partial charge in [-0.25, -0.2) is 10.8 Å². The maximum Gasteiger partial charge on any atom is 0.433 e. The SMILES string of the molecule is CC(C)(C)OCCOc1cc(C(F)(F)F)nc(NN)n1. The van der Waals surface area contributed by atoms with Gasteiger partial charge in [-0.2, -0.15) is 18.2 Å². The minimum atomic E-state index is -4.60. The fourth-order valence-corrected chi connectivity index (χ4v) is 1.20. The number of halogens is 3. The molecule has 9 heteroatoms. The maximum atomic E-state index is 12.6. The normalized spacial score (nSPS) is 12.3. The quantitative estimate of drug-likeness (QED) is 0.491. The fraction of sp³-hybridized carbons (Fsp3) is 0.636. The highest BCUT2D eigenvalue weighted by molar-refractivity contribution is 5.30. The molecule has 0 aliphatic rings. The lowest BCUT2D eigenvalue weighted by Crippen LogP contribution is -2.23. The molecule has 0 aromatic carbocycles. The van der Waals surface area contributed by atoms with Crippen molar-refractivity contribution in [3.63, 3.8) is 0 Å². The van der Waals surface area contributed by atoms with Crippen LogP contribution in [0.2, 0.25) is 0 Å². The van der Waals surface area contributed by atoms with Gasteiger partial charge in [0.1, 0.15) is 6.61 Å². The predicted molar refractivity (Wildman–Crippen MR) is 66.0 cm³/mol. The van der Waals surface area contributed by atoms with Crippen LogP contribution < -0.4 is 16.0 Å². The number of nitrogen functional groups attached to an aromatic ring is 1. The molecule has 0 saturated heterocycles. The van der Waals surface area contributed by atoms with E-state index in [1.54, 1.807) is 0 Å². The van der Waals surface area contributed by atoms with Crippen LogP contribution >= 0.6 is 0 Å². The van der Waals surface area contributed by atoms with Crippen LogP contribution in [-0.2, 0) is 10.9 Å². The van der Waals surface area contributed by atoms with Gasteiger partial charge >= 0.3 is 6.18 Å². The molecule has 114 valence electrons. The number of rotatable bonds is 5. The molecule has 0 spiro atoms. The number of aromatic nitrogens is 2. The van der Waals surface area contributed by atoms with Crippen molar-refractivity contribution in [3.05, 3.63) is 11.8 Å². The van der Waals surface area contributed by atoms with Crippen molar-refractivity contribution >= 4 is 5.95 Å². The molecular formula is C11H17F3N4O2. The van der Waals surface area contributed by atoms with Crippen LogP contribution in [0.4, 0.5) is 19.1 Å². The van der Waals surface area contributed by atoms with E-state index >= 15 is 0 Å². The number of hydrogen-bond donors (Lipinski definition) is 2. The van der Waals surface area contributed by atoms with E-state index in [1.165, 1.54) is 0 Å². The van der Waals surface area contributed by atoms with Gasteiger partial charge < -0.3 is 9.47 Å². The number of hydrogen-bond acceptors (Lipinski definition) is 6. The first-order valence-corrected chi connectivity index (χ1v) is 5.81. The molecule has 0 saturated carbocycles. The summed E-state index contributed by atoms with van der Waals surface area (Å²) in [5.74, 6) is 4.43. The Balaban J connectivity index is 2.70. The van der Waals surface area contributed by atoms with E-state index in [0.717, 1.165) is 0 Å². The average Bonchev–Trinajstić information content (AvgIpc) is 2.32. The Bertz CT molecular complexity index is 446. The van der Waals surface area contributed by atoms with E-state index in [9.17, 15) is 13.2 Å². The predicted octanol–water partition coefficient (Wildman–Crippen LogP) is 1.97. The minimum Gasteiger partial charge on any atom is -0.475 e. The summed E-state index contributed by atoms with van der Waals surface area (Å²) in [7, 11) is 0. The molecule has 1 aromatic rings. The van der Waals surface area contributed by atoms with Crippen molar-refractivity contribution in [2.24, 2.45) is 5.84 Å². The summed E-state index contributed by atoms with van der Waals surface area (Å²) in [5, 5.41) is 0. The van der Waals surface area contributed by atoms with Crippen LogP contribution in [0.3, 0.4) is 0 Å². The highest BCUT2D eigenvalue weighted by Gasteiger charge is 2.34. The first kappa shape index (κ1) is 16.4. The van der Waals surface area contributed by atoms with Gasteiger partial charge in [0.25, 0.3) is 0 Å². The van der Waals surface area contributed by atoms with Gasteiger partial charge in [0.2, 0.25) is 11.8 Å². The van der Waals surface area contributed by atoms with Crippen molar-refractivity contribution in [2.45, 2.75) is 32.5 Å². The summed E-state index contributed by atoms with van der Waals surface area (Å²) in [6.45, 7) is 5.86. The second-order valence-electron chi connectivity index (χ2n) is 4.87. The van der Waals surface area contributed by atoms with Gasteiger partial charge in [-0.05, 0) is 20.8 Å². The largest absolute Gasteiger partial charge is 0.475 e. The Morgan fingerprint density at radius 1 is 1.20 bits per heavy atom. The van der Waals surface area contributed by atoms with Crippen molar-refractivity contribution in [1.82, 2.24) is 9.97 Å². The van der Waals surface area contributed by atoms with Gasteiger partial charge in [0, 0.05) is 6.07 Å². The second kappa shape index (κ2) is 6.23. The molecule has 1 rings (SSSR count). The van der Waals surface area contributed by atoms with E-state index < -0.39 is 11.9 Å². The summed E-state index contributed by atoms with van der Waals surface area (Å²) in [6.07, 6.45) is -4.60. The van der Waals surface area contributed by atoms with E-state index in [1.807, 2.05) is 26.2 Å². The average molecular weight is 294 g/mol. The van der Waals surface area contributed by atoms with Crippen molar-refractivity contribution in [1.29, 1.82) is 0 Å². The first-order chi connectivity index (χ1) is 9.12. The van der Waals surface area contributed by atoms with Crippen molar-refractivity contribution < 1.29 is 22.6 Å². The lowest BCUT2D eigenvalue weighted by molar-refractivity contribution is -0.141.